The van der Waals surface area contributed by atoms with E-state index in [4.69, 9.17) is 0 Å². The van der Waals surface area contributed by atoms with Crippen LogP contribution in [0.5, 0.6) is 0 Å². The van der Waals surface area contributed by atoms with Crippen LogP contribution in [0.25, 0.3) is 6.08 Å². The fourth-order valence-corrected chi connectivity index (χ4v) is 2.64. The SMILES string of the molecule is CC(C)CCCN(CC=Cc1ccccc1)CCCC(C)C. The van der Waals surface area contributed by atoms with Crippen LogP contribution in [0.1, 0.15) is 58.9 Å². The van der Waals surface area contributed by atoms with Gasteiger partial charge in [0.1, 0.15) is 0 Å². The summed E-state index contributed by atoms with van der Waals surface area (Å²) in [6.45, 7) is 12.8. The molecule has 0 spiro atoms. The smallest absolute Gasteiger partial charge is 0.0166 e. The Hall–Kier alpha value is -1.08. The van der Waals surface area contributed by atoms with Crippen LogP contribution in [0, 0.1) is 11.8 Å². The second-order valence-electron chi connectivity index (χ2n) is 7.19. The largest absolute Gasteiger partial charge is 0.300 e. The lowest BCUT2D eigenvalue weighted by Gasteiger charge is -2.21. The van der Waals surface area contributed by atoms with E-state index < -0.39 is 0 Å². The highest BCUT2D eigenvalue weighted by molar-refractivity contribution is 5.48. The Morgan fingerprint density at radius 1 is 0.864 bits per heavy atom. The lowest BCUT2D eigenvalue weighted by atomic mass is 10.1. The number of benzene rings is 1. The Morgan fingerprint density at radius 2 is 1.41 bits per heavy atom. The summed E-state index contributed by atoms with van der Waals surface area (Å²) in [7, 11) is 0. The Balaban J connectivity index is 2.40. The van der Waals surface area contributed by atoms with E-state index in [0.717, 1.165) is 18.4 Å². The predicted octanol–water partition coefficient (Wildman–Crippen LogP) is 5.87. The molecule has 0 radical (unpaired) electrons. The van der Waals surface area contributed by atoms with Crippen molar-refractivity contribution < 1.29 is 0 Å². The van der Waals surface area contributed by atoms with E-state index in [2.05, 4.69) is 75.1 Å². The summed E-state index contributed by atoms with van der Waals surface area (Å²) in [4.78, 5) is 2.62. The molecule has 1 aromatic rings. The van der Waals surface area contributed by atoms with E-state index in [-0.39, 0.29) is 0 Å². The Kier molecular flexibility index (Phi) is 9.90. The van der Waals surface area contributed by atoms with Gasteiger partial charge in [0.2, 0.25) is 0 Å². The van der Waals surface area contributed by atoms with E-state index in [1.165, 1.54) is 44.3 Å². The fraction of sp³-hybridized carbons (Fsp3) is 0.619. The summed E-state index contributed by atoms with van der Waals surface area (Å²) in [5, 5.41) is 0. The Bertz CT molecular complexity index is 378. The predicted molar refractivity (Wildman–Crippen MR) is 100 cm³/mol. The van der Waals surface area contributed by atoms with Gasteiger partial charge in [-0.3, -0.25) is 4.90 Å². The van der Waals surface area contributed by atoms with Crippen molar-refractivity contribution in [1.82, 2.24) is 4.90 Å². The first-order valence-corrected chi connectivity index (χ1v) is 9.02. The molecule has 0 N–H and O–H groups in total. The van der Waals surface area contributed by atoms with Crippen LogP contribution in [-0.4, -0.2) is 24.5 Å². The van der Waals surface area contributed by atoms with Crippen molar-refractivity contribution in [2.45, 2.75) is 53.4 Å². The zero-order valence-electron chi connectivity index (χ0n) is 15.1. The minimum Gasteiger partial charge on any atom is -0.300 e. The molecule has 0 unspecified atom stereocenters. The van der Waals surface area contributed by atoms with Crippen molar-refractivity contribution in [2.24, 2.45) is 11.8 Å². The van der Waals surface area contributed by atoms with Gasteiger partial charge in [-0.25, -0.2) is 0 Å². The molecular weight excluding hydrogens is 266 g/mol. The van der Waals surface area contributed by atoms with Gasteiger partial charge in [-0.1, -0.05) is 70.2 Å². The summed E-state index contributed by atoms with van der Waals surface area (Å²) < 4.78 is 0. The first-order valence-electron chi connectivity index (χ1n) is 9.02. The third-order valence-electron chi connectivity index (χ3n) is 3.99. The first kappa shape index (κ1) is 19.0. The van der Waals surface area contributed by atoms with E-state index in [0.29, 0.717) is 0 Å². The van der Waals surface area contributed by atoms with Crippen molar-refractivity contribution in [3.05, 3.63) is 42.0 Å². The zero-order chi connectivity index (χ0) is 16.2. The summed E-state index contributed by atoms with van der Waals surface area (Å²) >= 11 is 0. The molecule has 0 atom stereocenters. The number of hydrogen-bond donors (Lipinski definition) is 0. The standard InChI is InChI=1S/C21H35N/c1-19(2)11-8-16-22(17-9-12-20(3)4)18-10-15-21-13-6-5-7-14-21/h5-7,10,13-15,19-20H,8-9,11-12,16-18H2,1-4H3. The van der Waals surface area contributed by atoms with Crippen LogP contribution in [0.3, 0.4) is 0 Å². The topological polar surface area (TPSA) is 3.24 Å². The third kappa shape index (κ3) is 9.78. The molecule has 0 saturated carbocycles. The maximum absolute atomic E-state index is 2.62. The van der Waals surface area contributed by atoms with Gasteiger partial charge in [-0.05, 0) is 56.2 Å². The van der Waals surface area contributed by atoms with Gasteiger partial charge in [0.05, 0.1) is 0 Å². The second kappa shape index (κ2) is 11.5. The summed E-state index contributed by atoms with van der Waals surface area (Å²) in [6.07, 6.45) is 9.88. The quantitative estimate of drug-likeness (QED) is 0.494. The van der Waals surface area contributed by atoms with Crippen LogP contribution in [0.4, 0.5) is 0 Å². The van der Waals surface area contributed by atoms with Crippen molar-refractivity contribution in [3.63, 3.8) is 0 Å². The third-order valence-corrected chi connectivity index (χ3v) is 3.99. The highest BCUT2D eigenvalue weighted by Crippen LogP contribution is 2.09. The summed E-state index contributed by atoms with van der Waals surface area (Å²) in [6, 6.07) is 10.6. The number of hydrogen-bond acceptors (Lipinski definition) is 1. The summed E-state index contributed by atoms with van der Waals surface area (Å²) in [5.41, 5.74) is 1.30. The van der Waals surface area contributed by atoms with Gasteiger partial charge in [-0.2, -0.15) is 0 Å². The van der Waals surface area contributed by atoms with Gasteiger partial charge in [-0.15, -0.1) is 0 Å². The minimum atomic E-state index is 0.817. The summed E-state index contributed by atoms with van der Waals surface area (Å²) in [5.74, 6) is 1.63. The monoisotopic (exact) mass is 301 g/mol. The average Bonchev–Trinajstić information content (AvgIpc) is 2.47. The molecule has 0 aliphatic carbocycles. The second-order valence-corrected chi connectivity index (χ2v) is 7.19. The molecule has 124 valence electrons. The Labute approximate surface area is 138 Å². The van der Waals surface area contributed by atoms with Crippen LogP contribution in [0.15, 0.2) is 36.4 Å². The van der Waals surface area contributed by atoms with E-state index in [1.54, 1.807) is 0 Å². The molecule has 0 saturated heterocycles. The molecular formula is C21H35N. The van der Waals surface area contributed by atoms with Crippen LogP contribution >= 0.6 is 0 Å². The minimum absolute atomic E-state index is 0.817. The maximum Gasteiger partial charge on any atom is 0.0166 e. The van der Waals surface area contributed by atoms with Gasteiger partial charge < -0.3 is 0 Å². The highest BCUT2D eigenvalue weighted by atomic mass is 15.1. The lowest BCUT2D eigenvalue weighted by Crippen LogP contribution is -2.26. The molecule has 0 fully saturated rings. The van der Waals surface area contributed by atoms with Crippen LogP contribution in [0.2, 0.25) is 0 Å². The van der Waals surface area contributed by atoms with Crippen molar-refractivity contribution >= 4 is 6.08 Å². The van der Waals surface area contributed by atoms with Crippen LogP contribution < -0.4 is 0 Å². The molecule has 0 amide bonds. The van der Waals surface area contributed by atoms with Crippen molar-refractivity contribution in [3.8, 4) is 0 Å². The molecule has 0 bridgehead atoms. The highest BCUT2D eigenvalue weighted by Gasteiger charge is 2.04. The van der Waals surface area contributed by atoms with Gasteiger partial charge in [0, 0.05) is 6.54 Å². The maximum atomic E-state index is 2.62. The molecule has 0 heterocycles. The molecule has 0 aromatic heterocycles. The van der Waals surface area contributed by atoms with Gasteiger partial charge >= 0.3 is 0 Å². The van der Waals surface area contributed by atoms with Gasteiger partial charge in [0.15, 0.2) is 0 Å². The van der Waals surface area contributed by atoms with Gasteiger partial charge in [0.25, 0.3) is 0 Å². The van der Waals surface area contributed by atoms with Crippen molar-refractivity contribution in [1.29, 1.82) is 0 Å². The molecule has 1 nitrogen and oxygen atoms in total. The molecule has 1 aromatic carbocycles. The van der Waals surface area contributed by atoms with E-state index in [9.17, 15) is 0 Å². The lowest BCUT2D eigenvalue weighted by molar-refractivity contribution is 0.278. The number of rotatable bonds is 11. The average molecular weight is 302 g/mol. The van der Waals surface area contributed by atoms with Crippen LogP contribution in [-0.2, 0) is 0 Å². The van der Waals surface area contributed by atoms with E-state index >= 15 is 0 Å². The molecule has 0 aliphatic rings. The first-order chi connectivity index (χ1) is 10.6. The van der Waals surface area contributed by atoms with E-state index in [1.807, 2.05) is 0 Å². The molecule has 1 rings (SSSR count). The van der Waals surface area contributed by atoms with Crippen molar-refractivity contribution in [2.75, 3.05) is 19.6 Å². The Morgan fingerprint density at radius 3 is 1.91 bits per heavy atom. The molecule has 0 aliphatic heterocycles. The molecule has 22 heavy (non-hydrogen) atoms. The zero-order valence-corrected chi connectivity index (χ0v) is 15.1. The number of nitrogens with zero attached hydrogens (tertiary/aromatic N) is 1. The molecule has 1 heteroatoms. The fourth-order valence-electron chi connectivity index (χ4n) is 2.64. The normalized spacial score (nSPS) is 12.1.